The lowest BCUT2D eigenvalue weighted by Crippen LogP contribution is -2.31. The molecule has 1 fully saturated rings. The molecule has 0 bridgehead atoms. The van der Waals surface area contributed by atoms with Gasteiger partial charge >= 0.3 is 0 Å². The zero-order valence-electron chi connectivity index (χ0n) is 12.4. The van der Waals surface area contributed by atoms with E-state index in [9.17, 15) is 4.79 Å². The number of nitrogens with one attached hydrogen (secondary N) is 1. The lowest BCUT2D eigenvalue weighted by Gasteiger charge is -2.16. The number of amides is 1. The number of thiazole rings is 1. The minimum atomic E-state index is -0.0980. The van der Waals surface area contributed by atoms with Crippen LogP contribution in [0.4, 0.5) is 0 Å². The highest BCUT2D eigenvalue weighted by molar-refractivity contribution is 7.13. The van der Waals surface area contributed by atoms with Crippen molar-refractivity contribution in [3.8, 4) is 0 Å². The summed E-state index contributed by atoms with van der Waals surface area (Å²) in [5, 5.41) is 4.01. The van der Waals surface area contributed by atoms with E-state index in [-0.39, 0.29) is 11.9 Å². The van der Waals surface area contributed by atoms with Crippen LogP contribution < -0.4 is 5.32 Å². The SMILES string of the molecule is Cc1ccnc([C@@H](NC(=O)c2sc(C)nc2C)C2CC2)n1. The first-order valence-electron chi connectivity index (χ1n) is 7.09. The Morgan fingerprint density at radius 2 is 2.10 bits per heavy atom. The summed E-state index contributed by atoms with van der Waals surface area (Å²) in [5.74, 6) is 1.09. The van der Waals surface area contributed by atoms with Gasteiger partial charge in [-0.15, -0.1) is 11.3 Å². The fraction of sp³-hybridized carbons (Fsp3) is 0.467. The molecule has 0 spiro atoms. The third-order valence-electron chi connectivity index (χ3n) is 3.58. The third-order valence-corrected chi connectivity index (χ3v) is 4.65. The number of carbonyl (C=O) groups excluding carboxylic acids is 1. The number of hydrogen-bond donors (Lipinski definition) is 1. The fourth-order valence-electron chi connectivity index (χ4n) is 2.39. The summed E-state index contributed by atoms with van der Waals surface area (Å²) in [5.41, 5.74) is 1.71. The number of hydrogen-bond acceptors (Lipinski definition) is 5. The summed E-state index contributed by atoms with van der Waals surface area (Å²) in [6.45, 7) is 5.72. The van der Waals surface area contributed by atoms with Gasteiger partial charge in [-0.05, 0) is 45.6 Å². The van der Waals surface area contributed by atoms with Gasteiger partial charge < -0.3 is 5.32 Å². The van der Waals surface area contributed by atoms with Crippen molar-refractivity contribution in [1.29, 1.82) is 0 Å². The first-order valence-corrected chi connectivity index (χ1v) is 7.90. The number of rotatable bonds is 4. The first kappa shape index (κ1) is 14.1. The van der Waals surface area contributed by atoms with Crippen molar-refractivity contribution in [2.75, 3.05) is 0 Å². The van der Waals surface area contributed by atoms with Crippen LogP contribution in [-0.2, 0) is 0 Å². The summed E-state index contributed by atoms with van der Waals surface area (Å²) in [6, 6.07) is 1.77. The van der Waals surface area contributed by atoms with Gasteiger partial charge in [0.15, 0.2) is 5.82 Å². The minimum Gasteiger partial charge on any atom is -0.341 e. The van der Waals surface area contributed by atoms with Crippen LogP contribution in [0.15, 0.2) is 12.3 Å². The van der Waals surface area contributed by atoms with Crippen molar-refractivity contribution < 1.29 is 4.79 Å². The molecule has 1 amide bonds. The molecule has 110 valence electrons. The van der Waals surface area contributed by atoms with Gasteiger partial charge in [-0.1, -0.05) is 0 Å². The van der Waals surface area contributed by atoms with E-state index in [1.54, 1.807) is 6.20 Å². The molecular weight excluding hydrogens is 284 g/mol. The predicted octanol–water partition coefficient (Wildman–Crippen LogP) is 2.74. The van der Waals surface area contributed by atoms with Crippen molar-refractivity contribution >= 4 is 17.2 Å². The lowest BCUT2D eigenvalue weighted by molar-refractivity contribution is 0.0933. The maximum absolute atomic E-state index is 12.5. The highest BCUT2D eigenvalue weighted by Gasteiger charge is 2.36. The highest BCUT2D eigenvalue weighted by Crippen LogP contribution is 2.40. The molecule has 0 saturated heterocycles. The first-order chi connectivity index (χ1) is 10.0. The fourth-order valence-corrected chi connectivity index (χ4v) is 3.21. The Kier molecular flexibility index (Phi) is 3.71. The molecule has 2 aromatic rings. The molecule has 1 aliphatic rings. The van der Waals surface area contributed by atoms with Gasteiger partial charge in [0, 0.05) is 11.9 Å². The van der Waals surface area contributed by atoms with Gasteiger partial charge in [0.2, 0.25) is 0 Å². The molecule has 3 rings (SSSR count). The standard InChI is InChI=1S/C15H18N4OS/c1-8-6-7-16-14(17-8)12(11-4-5-11)19-15(20)13-9(2)18-10(3)21-13/h6-7,11-12H,4-5H2,1-3H3,(H,19,20)/t12-/m0/s1. The van der Waals surface area contributed by atoms with E-state index in [1.165, 1.54) is 11.3 Å². The molecule has 5 nitrogen and oxygen atoms in total. The maximum atomic E-state index is 12.5. The van der Waals surface area contributed by atoms with E-state index in [1.807, 2.05) is 26.8 Å². The van der Waals surface area contributed by atoms with Crippen LogP contribution in [-0.4, -0.2) is 20.9 Å². The van der Waals surface area contributed by atoms with E-state index in [4.69, 9.17) is 0 Å². The van der Waals surface area contributed by atoms with E-state index >= 15 is 0 Å². The second kappa shape index (κ2) is 5.52. The molecule has 1 saturated carbocycles. The van der Waals surface area contributed by atoms with Crippen molar-refractivity contribution in [2.24, 2.45) is 5.92 Å². The van der Waals surface area contributed by atoms with E-state index in [0.29, 0.717) is 16.6 Å². The Balaban J connectivity index is 1.83. The predicted molar refractivity (Wildman–Crippen MR) is 81.3 cm³/mol. The van der Waals surface area contributed by atoms with Gasteiger partial charge in [0.25, 0.3) is 5.91 Å². The average Bonchev–Trinajstić information content (AvgIpc) is 3.21. The van der Waals surface area contributed by atoms with Crippen molar-refractivity contribution in [2.45, 2.75) is 39.7 Å². The largest absolute Gasteiger partial charge is 0.341 e. The lowest BCUT2D eigenvalue weighted by atomic mass is 10.1. The smallest absolute Gasteiger partial charge is 0.263 e. The maximum Gasteiger partial charge on any atom is 0.263 e. The molecule has 0 unspecified atom stereocenters. The summed E-state index contributed by atoms with van der Waals surface area (Å²) in [4.78, 5) is 26.3. The Hall–Kier alpha value is -1.82. The van der Waals surface area contributed by atoms with Crippen molar-refractivity contribution in [1.82, 2.24) is 20.3 Å². The number of nitrogens with zero attached hydrogens (tertiary/aromatic N) is 3. The zero-order valence-corrected chi connectivity index (χ0v) is 13.2. The number of aromatic nitrogens is 3. The Bertz CT molecular complexity index is 678. The molecule has 6 heteroatoms. The average molecular weight is 302 g/mol. The number of aryl methyl sites for hydroxylation is 3. The summed E-state index contributed by atoms with van der Waals surface area (Å²) in [6.07, 6.45) is 3.98. The molecule has 0 radical (unpaired) electrons. The van der Waals surface area contributed by atoms with Gasteiger partial charge in [-0.3, -0.25) is 4.79 Å². The molecular formula is C15H18N4OS. The Morgan fingerprint density at radius 3 is 2.67 bits per heavy atom. The van der Waals surface area contributed by atoms with Crippen LogP contribution >= 0.6 is 11.3 Å². The second-order valence-corrected chi connectivity index (χ2v) is 6.70. The van der Waals surface area contributed by atoms with E-state index in [0.717, 1.165) is 29.2 Å². The minimum absolute atomic E-state index is 0.0693. The van der Waals surface area contributed by atoms with Crippen LogP contribution in [0.1, 0.15) is 50.8 Å². The van der Waals surface area contributed by atoms with Crippen LogP contribution in [0.3, 0.4) is 0 Å². The molecule has 21 heavy (non-hydrogen) atoms. The summed E-state index contributed by atoms with van der Waals surface area (Å²) < 4.78 is 0. The quantitative estimate of drug-likeness (QED) is 0.943. The van der Waals surface area contributed by atoms with Gasteiger partial charge in [-0.25, -0.2) is 15.0 Å². The molecule has 0 aliphatic heterocycles. The Labute approximate surface area is 127 Å². The highest BCUT2D eigenvalue weighted by atomic mass is 32.1. The van der Waals surface area contributed by atoms with Crippen molar-refractivity contribution in [3.05, 3.63) is 39.4 Å². The van der Waals surface area contributed by atoms with Crippen LogP contribution in [0.2, 0.25) is 0 Å². The van der Waals surface area contributed by atoms with Crippen molar-refractivity contribution in [3.63, 3.8) is 0 Å². The molecule has 1 N–H and O–H groups in total. The molecule has 1 aliphatic carbocycles. The second-order valence-electron chi connectivity index (χ2n) is 5.49. The normalized spacial score (nSPS) is 15.8. The molecule has 2 aromatic heterocycles. The molecule has 0 aromatic carbocycles. The van der Waals surface area contributed by atoms with E-state index < -0.39 is 0 Å². The van der Waals surface area contributed by atoms with Crippen LogP contribution in [0.5, 0.6) is 0 Å². The van der Waals surface area contributed by atoms with Crippen LogP contribution in [0, 0.1) is 26.7 Å². The number of carbonyl (C=O) groups is 1. The third kappa shape index (κ3) is 3.10. The van der Waals surface area contributed by atoms with Gasteiger partial charge in [0.1, 0.15) is 4.88 Å². The Morgan fingerprint density at radius 1 is 1.33 bits per heavy atom. The zero-order chi connectivity index (χ0) is 15.0. The van der Waals surface area contributed by atoms with Gasteiger partial charge in [-0.2, -0.15) is 0 Å². The summed E-state index contributed by atoms with van der Waals surface area (Å²) in [7, 11) is 0. The van der Waals surface area contributed by atoms with E-state index in [2.05, 4.69) is 20.3 Å². The van der Waals surface area contributed by atoms with Gasteiger partial charge in [0.05, 0.1) is 16.7 Å². The summed E-state index contributed by atoms with van der Waals surface area (Å²) >= 11 is 1.43. The topological polar surface area (TPSA) is 67.8 Å². The monoisotopic (exact) mass is 302 g/mol. The molecule has 2 heterocycles. The molecule has 1 atom stereocenters. The van der Waals surface area contributed by atoms with Crippen LogP contribution in [0.25, 0.3) is 0 Å².